The molecular weight excluding hydrogens is 242 g/mol. The summed E-state index contributed by atoms with van der Waals surface area (Å²) in [4.78, 5) is 0. The van der Waals surface area contributed by atoms with E-state index in [1.807, 2.05) is 18.2 Å². The molecule has 0 fully saturated rings. The number of rotatable bonds is 2. The molecule has 0 saturated carbocycles. The second kappa shape index (κ2) is 4.91. The fourth-order valence-electron chi connectivity index (χ4n) is 2.42. The summed E-state index contributed by atoms with van der Waals surface area (Å²) in [5.41, 5.74) is 7.76. The largest absolute Gasteiger partial charge is 0.486 e. The Balaban J connectivity index is 1.97. The van der Waals surface area contributed by atoms with Gasteiger partial charge in [-0.15, -0.1) is 5.10 Å². The fourth-order valence-corrected chi connectivity index (χ4v) is 2.42. The molecule has 2 aliphatic heterocycles. The highest BCUT2D eigenvalue weighted by molar-refractivity contribution is 6.06. The van der Waals surface area contributed by atoms with Gasteiger partial charge in [0, 0.05) is 17.9 Å². The lowest BCUT2D eigenvalue weighted by Gasteiger charge is -2.22. The maximum Gasteiger partial charge on any atom is 0.162 e. The molecule has 2 N–H and O–H groups in total. The Morgan fingerprint density at radius 3 is 2.79 bits per heavy atom. The van der Waals surface area contributed by atoms with Crippen molar-refractivity contribution < 1.29 is 9.47 Å². The fraction of sp³-hybridized carbons (Fsp3) is 0.429. The first-order chi connectivity index (χ1) is 9.28. The van der Waals surface area contributed by atoms with Crippen LogP contribution in [0, 0.1) is 5.92 Å². The van der Waals surface area contributed by atoms with E-state index in [-0.39, 0.29) is 0 Å². The molecule has 2 aliphatic rings. The lowest BCUT2D eigenvalue weighted by atomic mass is 9.90. The molecule has 3 rings (SSSR count). The van der Waals surface area contributed by atoms with Crippen molar-refractivity contribution in [3.8, 4) is 11.5 Å². The van der Waals surface area contributed by atoms with E-state index in [0.717, 1.165) is 35.6 Å². The number of nitrogens with zero attached hydrogens (tertiary/aromatic N) is 2. The number of amidine groups is 1. The molecule has 1 aromatic carbocycles. The van der Waals surface area contributed by atoms with Gasteiger partial charge >= 0.3 is 0 Å². The molecule has 1 unspecified atom stereocenters. The minimum atomic E-state index is 0.319. The Labute approximate surface area is 112 Å². The zero-order chi connectivity index (χ0) is 13.2. The third-order valence-electron chi connectivity index (χ3n) is 3.46. The quantitative estimate of drug-likeness (QED) is 0.882. The minimum Gasteiger partial charge on any atom is -0.486 e. The van der Waals surface area contributed by atoms with E-state index in [1.54, 1.807) is 0 Å². The lowest BCUT2D eigenvalue weighted by Crippen LogP contribution is -2.27. The van der Waals surface area contributed by atoms with Crippen LogP contribution in [0.5, 0.6) is 11.5 Å². The lowest BCUT2D eigenvalue weighted by molar-refractivity contribution is 0.171. The second-order valence-electron chi connectivity index (χ2n) is 4.74. The average Bonchev–Trinajstić information content (AvgIpc) is 2.46. The molecule has 0 saturated heterocycles. The molecule has 0 aliphatic carbocycles. The van der Waals surface area contributed by atoms with Crippen molar-refractivity contribution in [1.29, 1.82) is 0 Å². The maximum atomic E-state index is 5.75. The molecule has 1 aromatic rings. The van der Waals surface area contributed by atoms with Crippen LogP contribution in [-0.2, 0) is 0 Å². The van der Waals surface area contributed by atoms with Gasteiger partial charge in [-0.25, -0.2) is 0 Å². The van der Waals surface area contributed by atoms with Crippen LogP contribution in [0.2, 0.25) is 0 Å². The van der Waals surface area contributed by atoms with Gasteiger partial charge in [0.15, 0.2) is 11.5 Å². The molecule has 0 bridgehead atoms. The van der Waals surface area contributed by atoms with Crippen molar-refractivity contribution in [2.75, 3.05) is 13.2 Å². The van der Waals surface area contributed by atoms with Crippen LogP contribution in [0.1, 0.15) is 25.3 Å². The smallest absolute Gasteiger partial charge is 0.162 e. The average molecular weight is 259 g/mol. The summed E-state index contributed by atoms with van der Waals surface area (Å²) in [6.07, 6.45) is 1.76. The highest BCUT2D eigenvalue weighted by atomic mass is 16.6. The van der Waals surface area contributed by atoms with Crippen molar-refractivity contribution in [1.82, 2.24) is 0 Å². The second-order valence-corrected chi connectivity index (χ2v) is 4.74. The van der Waals surface area contributed by atoms with Gasteiger partial charge in [0.2, 0.25) is 0 Å². The van der Waals surface area contributed by atoms with Crippen LogP contribution in [0.3, 0.4) is 0 Å². The number of nitrogens with two attached hydrogens (primary N) is 1. The number of hydrogen-bond donors (Lipinski definition) is 1. The number of ether oxygens (including phenoxy) is 2. The van der Waals surface area contributed by atoms with Gasteiger partial charge in [-0.05, 0) is 24.6 Å². The van der Waals surface area contributed by atoms with Crippen molar-refractivity contribution in [2.45, 2.75) is 19.8 Å². The molecule has 5 heteroatoms. The SMILES string of the molecule is CCC1CC(N)=NN=C1c1ccc2c(c1)OCCO2. The molecule has 0 amide bonds. The summed E-state index contributed by atoms with van der Waals surface area (Å²) in [6, 6.07) is 5.92. The van der Waals surface area contributed by atoms with Gasteiger partial charge in [-0.1, -0.05) is 6.92 Å². The zero-order valence-electron chi connectivity index (χ0n) is 10.9. The van der Waals surface area contributed by atoms with E-state index in [0.29, 0.717) is 25.0 Å². The molecule has 0 spiro atoms. The first-order valence-corrected chi connectivity index (χ1v) is 6.58. The normalized spacial score (nSPS) is 21.6. The maximum absolute atomic E-state index is 5.75. The molecule has 0 aromatic heterocycles. The highest BCUT2D eigenvalue weighted by Gasteiger charge is 2.23. The third-order valence-corrected chi connectivity index (χ3v) is 3.46. The molecule has 1 atom stereocenters. The summed E-state index contributed by atoms with van der Waals surface area (Å²) in [6.45, 7) is 3.33. The summed E-state index contributed by atoms with van der Waals surface area (Å²) < 4.78 is 11.1. The summed E-state index contributed by atoms with van der Waals surface area (Å²) in [5.74, 6) is 2.50. The first kappa shape index (κ1) is 12.0. The van der Waals surface area contributed by atoms with Gasteiger partial charge in [0.05, 0.1) is 5.71 Å². The van der Waals surface area contributed by atoms with Crippen LogP contribution in [-0.4, -0.2) is 24.8 Å². The predicted molar refractivity (Wildman–Crippen MR) is 74.0 cm³/mol. The van der Waals surface area contributed by atoms with E-state index in [9.17, 15) is 0 Å². The van der Waals surface area contributed by atoms with E-state index in [4.69, 9.17) is 15.2 Å². The standard InChI is InChI=1S/C14H17N3O2/c1-2-9-8-13(15)16-17-14(9)10-3-4-11-12(7-10)19-6-5-18-11/h3-4,7,9H,2,5-6,8H2,1H3,(H2,15,16). The van der Waals surface area contributed by atoms with Crippen LogP contribution in [0.15, 0.2) is 28.4 Å². The first-order valence-electron chi connectivity index (χ1n) is 6.58. The van der Waals surface area contributed by atoms with Crippen LogP contribution in [0.25, 0.3) is 0 Å². The van der Waals surface area contributed by atoms with Gasteiger partial charge < -0.3 is 15.2 Å². The Kier molecular flexibility index (Phi) is 3.11. The highest BCUT2D eigenvalue weighted by Crippen LogP contribution is 2.32. The molecule has 0 radical (unpaired) electrons. The van der Waals surface area contributed by atoms with Crippen molar-refractivity contribution in [3.63, 3.8) is 0 Å². The summed E-state index contributed by atoms with van der Waals surface area (Å²) >= 11 is 0. The third kappa shape index (κ3) is 2.28. The van der Waals surface area contributed by atoms with Gasteiger partial charge in [0.1, 0.15) is 19.0 Å². The van der Waals surface area contributed by atoms with Gasteiger partial charge in [-0.3, -0.25) is 0 Å². The van der Waals surface area contributed by atoms with E-state index >= 15 is 0 Å². The molecule has 5 nitrogen and oxygen atoms in total. The monoisotopic (exact) mass is 259 g/mol. The van der Waals surface area contributed by atoms with Crippen molar-refractivity contribution >= 4 is 11.5 Å². The molecule has 19 heavy (non-hydrogen) atoms. The van der Waals surface area contributed by atoms with E-state index in [2.05, 4.69) is 17.1 Å². The number of benzene rings is 1. The zero-order valence-corrected chi connectivity index (χ0v) is 10.9. The van der Waals surface area contributed by atoms with Gasteiger partial charge in [-0.2, -0.15) is 5.10 Å². The Morgan fingerprint density at radius 1 is 1.21 bits per heavy atom. The topological polar surface area (TPSA) is 69.2 Å². The van der Waals surface area contributed by atoms with Gasteiger partial charge in [0.25, 0.3) is 0 Å². The Bertz CT molecular complexity index is 552. The van der Waals surface area contributed by atoms with E-state index in [1.165, 1.54) is 0 Å². The number of fused-ring (bicyclic) bond motifs is 1. The molecule has 100 valence electrons. The molecule has 2 heterocycles. The Hall–Kier alpha value is -2.04. The number of hydrogen-bond acceptors (Lipinski definition) is 5. The minimum absolute atomic E-state index is 0.319. The van der Waals surface area contributed by atoms with Crippen LogP contribution < -0.4 is 15.2 Å². The van der Waals surface area contributed by atoms with Crippen LogP contribution >= 0.6 is 0 Å². The summed E-state index contributed by atoms with van der Waals surface area (Å²) in [5, 5.41) is 8.27. The Morgan fingerprint density at radius 2 is 2.00 bits per heavy atom. The predicted octanol–water partition coefficient (Wildman–Crippen LogP) is 1.95. The van der Waals surface area contributed by atoms with Crippen molar-refractivity contribution in [3.05, 3.63) is 23.8 Å². The molecular formula is C14H17N3O2. The summed E-state index contributed by atoms with van der Waals surface area (Å²) in [7, 11) is 0. The van der Waals surface area contributed by atoms with Crippen LogP contribution in [0.4, 0.5) is 0 Å². The van der Waals surface area contributed by atoms with E-state index < -0.39 is 0 Å². The van der Waals surface area contributed by atoms with Crippen molar-refractivity contribution in [2.24, 2.45) is 21.9 Å².